The Bertz CT molecular complexity index is 562. The lowest BCUT2D eigenvalue weighted by atomic mass is 10.0. The monoisotopic (exact) mass is 302 g/mol. The molecule has 0 bridgehead atoms. The fourth-order valence-corrected chi connectivity index (χ4v) is 2.67. The highest BCUT2D eigenvalue weighted by Gasteiger charge is 2.56. The van der Waals surface area contributed by atoms with Gasteiger partial charge in [0.1, 0.15) is 5.41 Å². The molecular formula is C18H26N2O2. The number of hydrogen-bond donors (Lipinski definition) is 2. The maximum atomic E-state index is 12.6. The highest BCUT2D eigenvalue weighted by Crippen LogP contribution is 2.47. The third-order valence-electron chi connectivity index (χ3n) is 4.41. The second-order valence-electron chi connectivity index (χ2n) is 6.11. The van der Waals surface area contributed by atoms with Crippen molar-refractivity contribution in [2.45, 2.75) is 52.9 Å². The van der Waals surface area contributed by atoms with Crippen LogP contribution in [0.3, 0.4) is 0 Å². The second-order valence-corrected chi connectivity index (χ2v) is 6.11. The van der Waals surface area contributed by atoms with Crippen molar-refractivity contribution in [3.63, 3.8) is 0 Å². The van der Waals surface area contributed by atoms with E-state index in [0.29, 0.717) is 19.4 Å². The summed E-state index contributed by atoms with van der Waals surface area (Å²) in [6.07, 6.45) is 4.12. The first-order valence-electron chi connectivity index (χ1n) is 8.23. The number of benzene rings is 1. The first-order chi connectivity index (χ1) is 10.5. The van der Waals surface area contributed by atoms with Crippen LogP contribution >= 0.6 is 0 Å². The average molecular weight is 302 g/mol. The summed E-state index contributed by atoms with van der Waals surface area (Å²) in [6, 6.07) is 5.99. The number of anilines is 1. The number of aryl methyl sites for hydroxylation is 2. The molecule has 22 heavy (non-hydrogen) atoms. The maximum Gasteiger partial charge on any atom is 0.240 e. The van der Waals surface area contributed by atoms with Gasteiger partial charge in [-0.3, -0.25) is 9.59 Å². The summed E-state index contributed by atoms with van der Waals surface area (Å²) in [4.78, 5) is 24.9. The summed E-state index contributed by atoms with van der Waals surface area (Å²) in [5.41, 5.74) is 2.16. The normalized spacial score (nSPS) is 15.2. The van der Waals surface area contributed by atoms with E-state index in [1.165, 1.54) is 0 Å². The molecule has 0 aliphatic heterocycles. The molecule has 2 amide bonds. The molecular weight excluding hydrogens is 276 g/mol. The first-order valence-corrected chi connectivity index (χ1v) is 8.23. The van der Waals surface area contributed by atoms with Crippen LogP contribution in [0.25, 0.3) is 0 Å². The summed E-state index contributed by atoms with van der Waals surface area (Å²) < 4.78 is 0. The minimum absolute atomic E-state index is 0.120. The van der Waals surface area contributed by atoms with Crippen molar-refractivity contribution in [1.29, 1.82) is 0 Å². The average Bonchev–Trinajstić information content (AvgIpc) is 3.31. The minimum Gasteiger partial charge on any atom is -0.355 e. The van der Waals surface area contributed by atoms with Gasteiger partial charge in [0.15, 0.2) is 0 Å². The third kappa shape index (κ3) is 3.32. The van der Waals surface area contributed by atoms with Crippen LogP contribution < -0.4 is 10.6 Å². The zero-order valence-electron chi connectivity index (χ0n) is 13.8. The Labute approximate surface area is 132 Å². The molecule has 0 spiro atoms. The van der Waals surface area contributed by atoms with Gasteiger partial charge in [0, 0.05) is 12.2 Å². The summed E-state index contributed by atoms with van der Waals surface area (Å²) in [5.74, 6) is -0.282. The number of rotatable bonds is 7. The molecule has 1 saturated carbocycles. The van der Waals surface area contributed by atoms with Crippen molar-refractivity contribution in [2.24, 2.45) is 5.41 Å². The van der Waals surface area contributed by atoms with Gasteiger partial charge in [0.2, 0.25) is 11.8 Å². The van der Waals surface area contributed by atoms with Crippen LogP contribution in [0.4, 0.5) is 5.69 Å². The Morgan fingerprint density at radius 1 is 1.18 bits per heavy atom. The van der Waals surface area contributed by atoms with Gasteiger partial charge in [0.25, 0.3) is 0 Å². The van der Waals surface area contributed by atoms with Crippen LogP contribution in [-0.2, 0) is 16.0 Å². The van der Waals surface area contributed by atoms with Gasteiger partial charge >= 0.3 is 0 Å². The van der Waals surface area contributed by atoms with Crippen LogP contribution in [0.1, 0.15) is 50.7 Å². The zero-order valence-corrected chi connectivity index (χ0v) is 13.8. The van der Waals surface area contributed by atoms with E-state index in [4.69, 9.17) is 0 Å². The van der Waals surface area contributed by atoms with Crippen LogP contribution in [0, 0.1) is 12.3 Å². The van der Waals surface area contributed by atoms with Crippen molar-refractivity contribution in [3.8, 4) is 0 Å². The summed E-state index contributed by atoms with van der Waals surface area (Å²) in [5, 5.41) is 5.90. The summed E-state index contributed by atoms with van der Waals surface area (Å²) in [7, 11) is 0. The van der Waals surface area contributed by atoms with Crippen molar-refractivity contribution < 1.29 is 9.59 Å². The quantitative estimate of drug-likeness (QED) is 0.600. The number of para-hydroxylation sites is 1. The number of nitrogens with one attached hydrogen (secondary N) is 2. The van der Waals surface area contributed by atoms with Crippen molar-refractivity contribution in [2.75, 3.05) is 11.9 Å². The Kier molecular flexibility index (Phi) is 5.22. The van der Waals surface area contributed by atoms with Crippen LogP contribution in [0.15, 0.2) is 18.2 Å². The highest BCUT2D eigenvalue weighted by molar-refractivity contribution is 6.13. The van der Waals surface area contributed by atoms with Crippen LogP contribution in [0.2, 0.25) is 0 Å². The van der Waals surface area contributed by atoms with E-state index in [2.05, 4.69) is 24.5 Å². The Morgan fingerprint density at radius 3 is 2.50 bits per heavy atom. The molecule has 120 valence electrons. The SMILES string of the molecule is CCCCNC(=O)C1(C(=O)Nc2c(C)cccc2CC)CC1. The van der Waals surface area contributed by atoms with E-state index < -0.39 is 5.41 Å². The van der Waals surface area contributed by atoms with Crippen molar-refractivity contribution in [1.82, 2.24) is 5.32 Å². The molecule has 1 fully saturated rings. The van der Waals surface area contributed by atoms with Crippen LogP contribution in [0.5, 0.6) is 0 Å². The largest absolute Gasteiger partial charge is 0.355 e. The van der Waals surface area contributed by atoms with Gasteiger partial charge in [0.05, 0.1) is 0 Å². The molecule has 2 N–H and O–H groups in total. The minimum atomic E-state index is -0.846. The van der Waals surface area contributed by atoms with E-state index in [1.54, 1.807) is 0 Å². The predicted octanol–water partition coefficient (Wildman–Crippen LogP) is 3.19. The molecule has 1 aromatic rings. The maximum absolute atomic E-state index is 12.6. The fraction of sp³-hybridized carbons (Fsp3) is 0.556. The number of unbranched alkanes of at least 4 members (excludes halogenated alkanes) is 1. The van der Waals surface area contributed by atoms with E-state index in [1.807, 2.05) is 25.1 Å². The molecule has 1 aliphatic rings. The van der Waals surface area contributed by atoms with Gasteiger partial charge in [-0.05, 0) is 43.7 Å². The van der Waals surface area contributed by atoms with E-state index >= 15 is 0 Å². The zero-order chi connectivity index (χ0) is 16.2. The van der Waals surface area contributed by atoms with E-state index in [-0.39, 0.29) is 11.8 Å². The number of hydrogen-bond acceptors (Lipinski definition) is 2. The van der Waals surface area contributed by atoms with Gasteiger partial charge in [-0.2, -0.15) is 0 Å². The molecule has 0 saturated heterocycles. The Balaban J connectivity index is 2.08. The molecule has 4 heteroatoms. The van der Waals surface area contributed by atoms with Crippen molar-refractivity contribution >= 4 is 17.5 Å². The molecule has 0 atom stereocenters. The topological polar surface area (TPSA) is 58.2 Å². The smallest absolute Gasteiger partial charge is 0.240 e. The summed E-state index contributed by atoms with van der Waals surface area (Å²) >= 11 is 0. The van der Waals surface area contributed by atoms with E-state index in [0.717, 1.165) is 36.1 Å². The predicted molar refractivity (Wildman–Crippen MR) is 88.8 cm³/mol. The molecule has 0 radical (unpaired) electrons. The van der Waals surface area contributed by atoms with Gasteiger partial charge in [-0.15, -0.1) is 0 Å². The molecule has 1 aromatic carbocycles. The highest BCUT2D eigenvalue weighted by atomic mass is 16.2. The lowest BCUT2D eigenvalue weighted by Crippen LogP contribution is -2.40. The molecule has 1 aliphatic carbocycles. The summed E-state index contributed by atoms with van der Waals surface area (Å²) in [6.45, 7) is 6.77. The van der Waals surface area contributed by atoms with Crippen molar-refractivity contribution in [3.05, 3.63) is 29.3 Å². The molecule has 0 heterocycles. The number of amides is 2. The van der Waals surface area contributed by atoms with Gasteiger partial charge in [-0.25, -0.2) is 0 Å². The fourth-order valence-electron chi connectivity index (χ4n) is 2.67. The number of carbonyl (C=O) groups excluding carboxylic acids is 2. The van der Waals surface area contributed by atoms with Gasteiger partial charge < -0.3 is 10.6 Å². The molecule has 0 aromatic heterocycles. The third-order valence-corrected chi connectivity index (χ3v) is 4.41. The first kappa shape index (κ1) is 16.5. The molecule has 2 rings (SSSR count). The van der Waals surface area contributed by atoms with E-state index in [9.17, 15) is 9.59 Å². The second kappa shape index (κ2) is 6.95. The Morgan fingerprint density at radius 2 is 1.91 bits per heavy atom. The standard InChI is InChI=1S/C18H26N2O2/c1-4-6-12-19-16(21)18(10-11-18)17(22)20-15-13(3)8-7-9-14(15)5-2/h7-9H,4-6,10-12H2,1-3H3,(H,19,21)(H,20,22). The van der Waals surface area contributed by atoms with Gasteiger partial charge in [-0.1, -0.05) is 38.5 Å². The Hall–Kier alpha value is -1.84. The lowest BCUT2D eigenvalue weighted by molar-refractivity contribution is -0.134. The molecule has 0 unspecified atom stereocenters. The number of carbonyl (C=O) groups is 2. The lowest BCUT2D eigenvalue weighted by Gasteiger charge is -2.18. The molecule has 4 nitrogen and oxygen atoms in total. The van der Waals surface area contributed by atoms with Crippen LogP contribution in [-0.4, -0.2) is 18.4 Å².